The van der Waals surface area contributed by atoms with Crippen LogP contribution in [0, 0.1) is 5.92 Å². The standard InChI is InChI=1S/C16H24N4O/c1-2-15-17-7-6-14(18-15)12-19-8-10-20(11-9-19)16(21)13-4-3-5-13/h6-7,13H,2-5,8-12H2,1H3. The summed E-state index contributed by atoms with van der Waals surface area (Å²) in [6.07, 6.45) is 6.14. The van der Waals surface area contributed by atoms with Gasteiger partial charge in [-0.2, -0.15) is 0 Å². The monoisotopic (exact) mass is 288 g/mol. The summed E-state index contributed by atoms with van der Waals surface area (Å²) < 4.78 is 0. The van der Waals surface area contributed by atoms with Gasteiger partial charge in [0, 0.05) is 51.3 Å². The second kappa shape index (κ2) is 6.52. The van der Waals surface area contributed by atoms with Crippen LogP contribution < -0.4 is 0 Å². The fourth-order valence-corrected chi connectivity index (χ4v) is 2.97. The second-order valence-electron chi connectivity index (χ2n) is 6.05. The second-order valence-corrected chi connectivity index (χ2v) is 6.05. The van der Waals surface area contributed by atoms with E-state index in [1.807, 2.05) is 12.3 Å². The predicted molar refractivity (Wildman–Crippen MR) is 80.6 cm³/mol. The zero-order chi connectivity index (χ0) is 14.7. The van der Waals surface area contributed by atoms with Crippen LogP contribution in [0.25, 0.3) is 0 Å². The lowest BCUT2D eigenvalue weighted by Crippen LogP contribution is -2.50. The van der Waals surface area contributed by atoms with Crippen LogP contribution in [0.1, 0.15) is 37.7 Å². The minimum absolute atomic E-state index is 0.325. The van der Waals surface area contributed by atoms with Gasteiger partial charge in [-0.05, 0) is 18.9 Å². The van der Waals surface area contributed by atoms with Crippen molar-refractivity contribution in [3.05, 3.63) is 23.8 Å². The number of rotatable bonds is 4. The zero-order valence-electron chi connectivity index (χ0n) is 12.8. The number of piperazine rings is 1. The molecule has 0 radical (unpaired) electrons. The summed E-state index contributed by atoms with van der Waals surface area (Å²) in [6.45, 7) is 6.56. The van der Waals surface area contributed by atoms with Gasteiger partial charge in [0.15, 0.2) is 0 Å². The Kier molecular flexibility index (Phi) is 4.48. The molecule has 0 spiro atoms. The number of aryl methyl sites for hydroxylation is 1. The number of hydrogen-bond donors (Lipinski definition) is 0. The summed E-state index contributed by atoms with van der Waals surface area (Å²) >= 11 is 0. The van der Waals surface area contributed by atoms with Gasteiger partial charge in [-0.1, -0.05) is 13.3 Å². The largest absolute Gasteiger partial charge is 0.340 e. The predicted octanol–water partition coefficient (Wildman–Crippen LogP) is 1.48. The van der Waals surface area contributed by atoms with Crippen LogP contribution in [-0.4, -0.2) is 51.9 Å². The highest BCUT2D eigenvalue weighted by molar-refractivity contribution is 5.79. The van der Waals surface area contributed by atoms with E-state index in [1.165, 1.54) is 6.42 Å². The molecule has 0 unspecified atom stereocenters. The number of carbonyl (C=O) groups excluding carboxylic acids is 1. The van der Waals surface area contributed by atoms with Gasteiger partial charge in [-0.3, -0.25) is 9.69 Å². The lowest BCUT2D eigenvalue weighted by molar-refractivity contribution is -0.140. The molecule has 1 aromatic heterocycles. The molecule has 1 aliphatic heterocycles. The van der Waals surface area contributed by atoms with Crippen molar-refractivity contribution >= 4 is 5.91 Å². The third-order valence-corrected chi connectivity index (χ3v) is 4.60. The number of amides is 1. The van der Waals surface area contributed by atoms with Crippen molar-refractivity contribution in [3.63, 3.8) is 0 Å². The maximum Gasteiger partial charge on any atom is 0.225 e. The number of nitrogens with zero attached hydrogens (tertiary/aromatic N) is 4. The molecule has 21 heavy (non-hydrogen) atoms. The molecule has 114 valence electrons. The van der Waals surface area contributed by atoms with Gasteiger partial charge < -0.3 is 4.90 Å². The van der Waals surface area contributed by atoms with E-state index in [1.54, 1.807) is 0 Å². The molecule has 0 N–H and O–H groups in total. The summed E-state index contributed by atoms with van der Waals surface area (Å²) in [6, 6.07) is 1.99. The molecule has 5 heteroatoms. The lowest BCUT2D eigenvalue weighted by atomic mass is 9.84. The van der Waals surface area contributed by atoms with E-state index < -0.39 is 0 Å². The molecule has 1 saturated heterocycles. The molecule has 0 bridgehead atoms. The van der Waals surface area contributed by atoms with Crippen molar-refractivity contribution in [2.75, 3.05) is 26.2 Å². The summed E-state index contributed by atoms with van der Waals surface area (Å²) in [5.41, 5.74) is 1.08. The van der Waals surface area contributed by atoms with Gasteiger partial charge in [-0.25, -0.2) is 9.97 Å². The van der Waals surface area contributed by atoms with Crippen LogP contribution in [0.2, 0.25) is 0 Å². The average molecular weight is 288 g/mol. The highest BCUT2D eigenvalue weighted by Gasteiger charge is 2.31. The van der Waals surface area contributed by atoms with E-state index in [2.05, 4.69) is 26.7 Å². The van der Waals surface area contributed by atoms with Crippen molar-refractivity contribution in [1.29, 1.82) is 0 Å². The van der Waals surface area contributed by atoms with Crippen molar-refractivity contribution in [1.82, 2.24) is 19.8 Å². The normalized spacial score (nSPS) is 20.3. The maximum atomic E-state index is 12.2. The van der Waals surface area contributed by atoms with E-state index >= 15 is 0 Å². The summed E-state index contributed by atoms with van der Waals surface area (Å²) in [7, 11) is 0. The van der Waals surface area contributed by atoms with Crippen LogP contribution in [0.4, 0.5) is 0 Å². The molecule has 1 aliphatic carbocycles. The third-order valence-electron chi connectivity index (χ3n) is 4.60. The first-order chi connectivity index (χ1) is 10.3. The molecule has 1 saturated carbocycles. The van der Waals surface area contributed by atoms with Gasteiger partial charge in [0.25, 0.3) is 0 Å². The Balaban J connectivity index is 1.50. The molecule has 5 nitrogen and oxygen atoms in total. The highest BCUT2D eigenvalue weighted by atomic mass is 16.2. The molecule has 0 atom stereocenters. The van der Waals surface area contributed by atoms with E-state index in [9.17, 15) is 4.79 Å². The highest BCUT2D eigenvalue weighted by Crippen LogP contribution is 2.28. The first kappa shape index (κ1) is 14.4. The van der Waals surface area contributed by atoms with Crippen LogP contribution in [0.3, 0.4) is 0 Å². The molecule has 2 heterocycles. The molecule has 2 aliphatic rings. The average Bonchev–Trinajstić information content (AvgIpc) is 2.46. The topological polar surface area (TPSA) is 49.3 Å². The lowest BCUT2D eigenvalue weighted by Gasteiger charge is -2.38. The van der Waals surface area contributed by atoms with Crippen molar-refractivity contribution in [3.8, 4) is 0 Å². The van der Waals surface area contributed by atoms with Crippen LogP contribution in [-0.2, 0) is 17.8 Å². The van der Waals surface area contributed by atoms with E-state index in [4.69, 9.17) is 0 Å². The Morgan fingerprint density at radius 2 is 2.05 bits per heavy atom. The van der Waals surface area contributed by atoms with Gasteiger partial charge in [0.05, 0.1) is 5.69 Å². The van der Waals surface area contributed by atoms with Gasteiger partial charge >= 0.3 is 0 Å². The first-order valence-corrected chi connectivity index (χ1v) is 8.08. The molecular formula is C16H24N4O. The van der Waals surface area contributed by atoms with Gasteiger partial charge in [0.1, 0.15) is 5.82 Å². The summed E-state index contributed by atoms with van der Waals surface area (Å²) in [5.74, 6) is 1.62. The smallest absolute Gasteiger partial charge is 0.225 e. The SMILES string of the molecule is CCc1nccc(CN2CCN(C(=O)C3CCC3)CC2)n1. The third kappa shape index (κ3) is 3.40. The van der Waals surface area contributed by atoms with E-state index in [-0.39, 0.29) is 0 Å². The van der Waals surface area contributed by atoms with Crippen LogP contribution in [0.5, 0.6) is 0 Å². The molecule has 2 fully saturated rings. The molecule has 0 aromatic carbocycles. The van der Waals surface area contributed by atoms with Crippen molar-refractivity contribution in [2.45, 2.75) is 39.2 Å². The van der Waals surface area contributed by atoms with Crippen molar-refractivity contribution < 1.29 is 4.79 Å². The Hall–Kier alpha value is -1.49. The Morgan fingerprint density at radius 1 is 1.29 bits per heavy atom. The number of carbonyl (C=O) groups is 1. The Labute approximate surface area is 126 Å². The molecule has 1 aromatic rings. The van der Waals surface area contributed by atoms with Crippen molar-refractivity contribution in [2.24, 2.45) is 5.92 Å². The zero-order valence-corrected chi connectivity index (χ0v) is 12.8. The van der Waals surface area contributed by atoms with Gasteiger partial charge in [-0.15, -0.1) is 0 Å². The maximum absolute atomic E-state index is 12.2. The quantitative estimate of drug-likeness (QED) is 0.842. The minimum atomic E-state index is 0.325. The number of aromatic nitrogens is 2. The molecule has 1 amide bonds. The number of hydrogen-bond acceptors (Lipinski definition) is 4. The summed E-state index contributed by atoms with van der Waals surface area (Å²) in [4.78, 5) is 25.4. The Bertz CT molecular complexity index is 493. The van der Waals surface area contributed by atoms with Gasteiger partial charge in [0.2, 0.25) is 5.91 Å². The minimum Gasteiger partial charge on any atom is -0.340 e. The van der Waals surface area contributed by atoms with Crippen LogP contribution >= 0.6 is 0 Å². The molecular weight excluding hydrogens is 264 g/mol. The summed E-state index contributed by atoms with van der Waals surface area (Å²) in [5, 5.41) is 0. The fraction of sp³-hybridized carbons (Fsp3) is 0.688. The molecule has 3 rings (SSSR count). The van der Waals surface area contributed by atoms with Crippen LogP contribution in [0.15, 0.2) is 12.3 Å². The van der Waals surface area contributed by atoms with E-state index in [0.29, 0.717) is 11.8 Å². The Morgan fingerprint density at radius 3 is 2.67 bits per heavy atom. The fourth-order valence-electron chi connectivity index (χ4n) is 2.97. The first-order valence-electron chi connectivity index (χ1n) is 8.08. The van der Waals surface area contributed by atoms with E-state index in [0.717, 1.165) is 63.5 Å².